The van der Waals surface area contributed by atoms with Crippen molar-refractivity contribution in [3.63, 3.8) is 0 Å². The van der Waals surface area contributed by atoms with Crippen LogP contribution >= 0.6 is 0 Å². The van der Waals surface area contributed by atoms with Crippen LogP contribution in [0.15, 0.2) is 24.3 Å². The number of halogens is 3. The first-order valence-electron chi connectivity index (χ1n) is 4.70. The zero-order valence-corrected chi connectivity index (χ0v) is 8.75. The molecule has 0 unspecified atom stereocenters. The van der Waals surface area contributed by atoms with E-state index in [0.29, 0.717) is 18.7 Å². The largest absolute Gasteiger partial charge is 0.416 e. The van der Waals surface area contributed by atoms with Crippen LogP contribution in [0.4, 0.5) is 18.9 Å². The van der Waals surface area contributed by atoms with Crippen LogP contribution in [0.1, 0.15) is 12.0 Å². The number of rotatable bonds is 3. The second kappa shape index (κ2) is 4.88. The maximum absolute atomic E-state index is 12.3. The van der Waals surface area contributed by atoms with E-state index in [1.165, 1.54) is 12.1 Å². The molecule has 16 heavy (non-hydrogen) atoms. The van der Waals surface area contributed by atoms with Crippen LogP contribution in [-0.2, 0) is 6.18 Å². The van der Waals surface area contributed by atoms with Gasteiger partial charge < -0.3 is 4.90 Å². The Labute approximate surface area is 91.9 Å². The molecule has 0 aromatic heterocycles. The normalized spacial score (nSPS) is 10.9. The summed E-state index contributed by atoms with van der Waals surface area (Å²) in [7, 11) is 1.74. The fourth-order valence-corrected chi connectivity index (χ4v) is 1.25. The first-order valence-corrected chi connectivity index (χ1v) is 4.70. The fraction of sp³-hybridized carbons (Fsp3) is 0.364. The smallest absolute Gasteiger partial charge is 0.374 e. The summed E-state index contributed by atoms with van der Waals surface area (Å²) in [6.45, 7) is 0.502. The van der Waals surface area contributed by atoms with Crippen molar-refractivity contribution < 1.29 is 13.2 Å². The molecular weight excluding hydrogens is 217 g/mol. The Kier molecular flexibility index (Phi) is 3.78. The van der Waals surface area contributed by atoms with Gasteiger partial charge in [0, 0.05) is 19.3 Å². The van der Waals surface area contributed by atoms with Crippen molar-refractivity contribution in [1.82, 2.24) is 0 Å². The third-order valence-electron chi connectivity index (χ3n) is 2.19. The SMILES string of the molecule is CN(CCC#N)c1ccc(C(F)(F)F)cc1. The predicted octanol–water partition coefficient (Wildman–Crippen LogP) is 3.06. The van der Waals surface area contributed by atoms with E-state index >= 15 is 0 Å². The van der Waals surface area contributed by atoms with E-state index < -0.39 is 11.7 Å². The highest BCUT2D eigenvalue weighted by molar-refractivity contribution is 5.47. The minimum Gasteiger partial charge on any atom is -0.374 e. The zero-order chi connectivity index (χ0) is 12.2. The average molecular weight is 228 g/mol. The molecule has 0 radical (unpaired) electrons. The maximum atomic E-state index is 12.3. The molecule has 0 heterocycles. The lowest BCUT2D eigenvalue weighted by Crippen LogP contribution is -2.18. The van der Waals surface area contributed by atoms with Gasteiger partial charge in [0.05, 0.1) is 18.1 Å². The van der Waals surface area contributed by atoms with E-state index in [2.05, 4.69) is 0 Å². The third kappa shape index (κ3) is 3.16. The first-order chi connectivity index (χ1) is 7.45. The number of alkyl halides is 3. The lowest BCUT2D eigenvalue weighted by Gasteiger charge is -2.18. The lowest BCUT2D eigenvalue weighted by atomic mass is 10.2. The molecule has 1 aromatic carbocycles. The molecule has 0 amide bonds. The van der Waals surface area contributed by atoms with Crippen molar-refractivity contribution in [2.75, 3.05) is 18.5 Å². The Morgan fingerprint density at radius 1 is 1.25 bits per heavy atom. The van der Waals surface area contributed by atoms with Crippen LogP contribution in [0.5, 0.6) is 0 Å². The van der Waals surface area contributed by atoms with Crippen LogP contribution < -0.4 is 4.90 Å². The van der Waals surface area contributed by atoms with E-state index in [1.807, 2.05) is 6.07 Å². The molecule has 0 N–H and O–H groups in total. The first kappa shape index (κ1) is 12.4. The van der Waals surface area contributed by atoms with Gasteiger partial charge in [0.2, 0.25) is 0 Å². The second-order valence-electron chi connectivity index (χ2n) is 3.37. The van der Waals surface area contributed by atoms with Crippen molar-refractivity contribution in [1.29, 1.82) is 5.26 Å². The molecule has 0 aliphatic carbocycles. The average Bonchev–Trinajstić information content (AvgIpc) is 2.25. The Balaban J connectivity index is 2.76. The minimum atomic E-state index is -4.30. The van der Waals surface area contributed by atoms with Gasteiger partial charge in [-0.05, 0) is 24.3 Å². The van der Waals surface area contributed by atoms with E-state index in [9.17, 15) is 13.2 Å². The molecule has 0 bridgehead atoms. The summed E-state index contributed by atoms with van der Waals surface area (Å²) in [6, 6.07) is 6.87. The van der Waals surface area contributed by atoms with Gasteiger partial charge in [-0.3, -0.25) is 0 Å². The van der Waals surface area contributed by atoms with Gasteiger partial charge in [-0.15, -0.1) is 0 Å². The van der Waals surface area contributed by atoms with Crippen LogP contribution in [0.2, 0.25) is 0 Å². The molecule has 0 aliphatic rings. The number of nitriles is 1. The van der Waals surface area contributed by atoms with Crippen molar-refractivity contribution in [3.8, 4) is 6.07 Å². The molecule has 0 fully saturated rings. The van der Waals surface area contributed by atoms with Crippen molar-refractivity contribution in [2.45, 2.75) is 12.6 Å². The standard InChI is InChI=1S/C11H11F3N2/c1-16(8-2-7-15)10-5-3-9(4-6-10)11(12,13)14/h3-6H,2,8H2,1H3. The molecule has 5 heteroatoms. The maximum Gasteiger partial charge on any atom is 0.416 e. The molecule has 2 nitrogen and oxygen atoms in total. The summed E-state index contributed by atoms with van der Waals surface area (Å²) in [5.41, 5.74) is 0.00758. The van der Waals surface area contributed by atoms with Crippen LogP contribution in [0.25, 0.3) is 0 Å². The van der Waals surface area contributed by atoms with Gasteiger partial charge in [-0.2, -0.15) is 18.4 Å². The van der Waals surface area contributed by atoms with Gasteiger partial charge in [-0.1, -0.05) is 0 Å². The summed E-state index contributed by atoms with van der Waals surface area (Å²) >= 11 is 0. The van der Waals surface area contributed by atoms with E-state index in [0.717, 1.165) is 12.1 Å². The van der Waals surface area contributed by atoms with Gasteiger partial charge in [-0.25, -0.2) is 0 Å². The highest BCUT2D eigenvalue weighted by Gasteiger charge is 2.29. The predicted molar refractivity (Wildman–Crippen MR) is 54.9 cm³/mol. The highest BCUT2D eigenvalue weighted by atomic mass is 19.4. The summed E-state index contributed by atoms with van der Waals surface area (Å²) in [6.07, 6.45) is -3.96. The zero-order valence-electron chi connectivity index (χ0n) is 8.75. The van der Waals surface area contributed by atoms with Crippen LogP contribution in [0.3, 0.4) is 0 Å². The number of hydrogen-bond acceptors (Lipinski definition) is 2. The number of nitrogens with zero attached hydrogens (tertiary/aromatic N) is 2. The molecule has 0 saturated heterocycles. The molecule has 1 aromatic rings. The Hall–Kier alpha value is -1.70. The summed E-state index contributed by atoms with van der Waals surface area (Å²) < 4.78 is 36.8. The minimum absolute atomic E-state index is 0.345. The summed E-state index contributed by atoms with van der Waals surface area (Å²) in [5, 5.41) is 8.39. The van der Waals surface area contributed by atoms with Crippen LogP contribution in [-0.4, -0.2) is 13.6 Å². The van der Waals surface area contributed by atoms with Crippen molar-refractivity contribution in [2.24, 2.45) is 0 Å². The molecule has 0 saturated carbocycles. The fourth-order valence-electron chi connectivity index (χ4n) is 1.25. The molecule has 0 spiro atoms. The second-order valence-corrected chi connectivity index (χ2v) is 3.37. The molecule has 0 aliphatic heterocycles. The van der Waals surface area contributed by atoms with Crippen molar-refractivity contribution >= 4 is 5.69 Å². The number of anilines is 1. The Morgan fingerprint density at radius 3 is 2.25 bits per heavy atom. The molecule has 0 atom stereocenters. The van der Waals surface area contributed by atoms with E-state index in [-0.39, 0.29) is 0 Å². The van der Waals surface area contributed by atoms with E-state index in [4.69, 9.17) is 5.26 Å². The van der Waals surface area contributed by atoms with Gasteiger partial charge in [0.25, 0.3) is 0 Å². The molecular formula is C11H11F3N2. The summed E-state index contributed by atoms with van der Waals surface area (Å²) in [5.74, 6) is 0. The van der Waals surface area contributed by atoms with Crippen molar-refractivity contribution in [3.05, 3.63) is 29.8 Å². The molecule has 86 valence electrons. The van der Waals surface area contributed by atoms with Crippen LogP contribution in [0, 0.1) is 11.3 Å². The Bertz CT molecular complexity index is 376. The monoisotopic (exact) mass is 228 g/mol. The number of hydrogen-bond donors (Lipinski definition) is 0. The van der Waals surface area contributed by atoms with Gasteiger partial charge in [0.1, 0.15) is 0 Å². The highest BCUT2D eigenvalue weighted by Crippen LogP contribution is 2.30. The van der Waals surface area contributed by atoms with Gasteiger partial charge >= 0.3 is 6.18 Å². The van der Waals surface area contributed by atoms with Gasteiger partial charge in [0.15, 0.2) is 0 Å². The summed E-state index contributed by atoms with van der Waals surface area (Å²) in [4.78, 5) is 1.74. The quantitative estimate of drug-likeness (QED) is 0.795. The topological polar surface area (TPSA) is 27.0 Å². The Morgan fingerprint density at radius 2 is 1.81 bits per heavy atom. The lowest BCUT2D eigenvalue weighted by molar-refractivity contribution is -0.137. The molecule has 1 rings (SSSR count). The number of benzene rings is 1. The third-order valence-corrected chi connectivity index (χ3v) is 2.19. The van der Waals surface area contributed by atoms with E-state index in [1.54, 1.807) is 11.9 Å².